The van der Waals surface area contributed by atoms with Crippen LogP contribution in [0.15, 0.2) is 125 Å². The lowest BCUT2D eigenvalue weighted by atomic mass is 9.89. The molecule has 35 heavy (non-hydrogen) atoms. The molecule has 1 aliphatic rings. The lowest BCUT2D eigenvalue weighted by Gasteiger charge is -2.22. The number of ether oxygens (including phenoxy) is 1. The van der Waals surface area contributed by atoms with Crippen LogP contribution in [0, 0.1) is 10.1 Å². The van der Waals surface area contributed by atoms with Crippen LogP contribution in [0.2, 0.25) is 0 Å². The van der Waals surface area contributed by atoms with Gasteiger partial charge in [0.05, 0.1) is 15.7 Å². The molecule has 5 rings (SSSR count). The first-order valence-electron chi connectivity index (χ1n) is 11.0. The lowest BCUT2D eigenvalue weighted by Crippen LogP contribution is -2.15. The number of hydrogen-bond acceptors (Lipinski definition) is 5. The van der Waals surface area contributed by atoms with Crippen LogP contribution in [0.4, 0.5) is 5.69 Å². The normalized spacial score (nSPS) is 17.7. The Hall–Kier alpha value is -4.23. The van der Waals surface area contributed by atoms with Crippen LogP contribution in [0.1, 0.15) is 28.7 Å². The van der Waals surface area contributed by atoms with E-state index >= 15 is 0 Å². The molecule has 1 aliphatic heterocycles. The molecule has 4 aromatic carbocycles. The number of nitro benzene ring substituents is 1. The Bertz CT molecular complexity index is 1480. The minimum atomic E-state index is -3.98. The zero-order valence-electron chi connectivity index (χ0n) is 18.5. The number of sulfone groups is 1. The van der Waals surface area contributed by atoms with E-state index in [0.29, 0.717) is 5.56 Å². The molecule has 0 radical (unpaired) electrons. The minimum Gasteiger partial charge on any atom is -0.483 e. The second kappa shape index (κ2) is 9.19. The van der Waals surface area contributed by atoms with E-state index in [1.54, 1.807) is 30.3 Å². The first-order valence-corrected chi connectivity index (χ1v) is 12.5. The molecule has 6 nitrogen and oxygen atoms in total. The topological polar surface area (TPSA) is 86.5 Å². The highest BCUT2D eigenvalue weighted by Gasteiger charge is 2.45. The average Bonchev–Trinajstić information content (AvgIpc) is 3.32. The van der Waals surface area contributed by atoms with Gasteiger partial charge >= 0.3 is 0 Å². The minimum absolute atomic E-state index is 0.0842. The van der Waals surface area contributed by atoms with Crippen molar-refractivity contribution in [3.8, 4) is 0 Å². The highest BCUT2D eigenvalue weighted by atomic mass is 32.2. The van der Waals surface area contributed by atoms with Crippen molar-refractivity contribution in [1.82, 2.24) is 0 Å². The Morgan fingerprint density at radius 1 is 0.686 bits per heavy atom. The summed E-state index contributed by atoms with van der Waals surface area (Å²) in [5, 5.41) is 11.2. The summed E-state index contributed by atoms with van der Waals surface area (Å²) in [7, 11) is -3.98. The van der Waals surface area contributed by atoms with Gasteiger partial charge in [0.1, 0.15) is 16.8 Å². The summed E-state index contributed by atoms with van der Waals surface area (Å²) in [6, 6.07) is 32.9. The van der Waals surface area contributed by atoms with E-state index < -0.39 is 26.8 Å². The van der Waals surface area contributed by atoms with Crippen molar-refractivity contribution < 1.29 is 18.1 Å². The Morgan fingerprint density at radius 2 is 1.20 bits per heavy atom. The second-order valence-corrected chi connectivity index (χ2v) is 10.1. The van der Waals surface area contributed by atoms with Crippen molar-refractivity contribution in [2.24, 2.45) is 0 Å². The molecule has 0 saturated carbocycles. The van der Waals surface area contributed by atoms with Gasteiger partial charge < -0.3 is 4.74 Å². The van der Waals surface area contributed by atoms with Gasteiger partial charge in [-0.2, -0.15) is 0 Å². The highest BCUT2D eigenvalue weighted by molar-refractivity contribution is 7.95. The van der Waals surface area contributed by atoms with Crippen LogP contribution < -0.4 is 0 Å². The van der Waals surface area contributed by atoms with Crippen molar-refractivity contribution in [3.05, 3.63) is 147 Å². The fourth-order valence-corrected chi connectivity index (χ4v) is 6.16. The summed E-state index contributed by atoms with van der Waals surface area (Å²) in [5.41, 5.74) is 2.01. The van der Waals surface area contributed by atoms with E-state index in [9.17, 15) is 18.5 Å². The van der Waals surface area contributed by atoms with Gasteiger partial charge in [0, 0.05) is 17.7 Å². The zero-order chi connectivity index (χ0) is 24.4. The van der Waals surface area contributed by atoms with Crippen molar-refractivity contribution in [3.63, 3.8) is 0 Å². The molecule has 0 aromatic heterocycles. The molecule has 1 heterocycles. The van der Waals surface area contributed by atoms with Crippen LogP contribution in [0.25, 0.3) is 5.76 Å². The van der Waals surface area contributed by atoms with Gasteiger partial charge in [-0.05, 0) is 35.4 Å². The Balaban J connectivity index is 1.77. The van der Waals surface area contributed by atoms with Crippen LogP contribution in [0.3, 0.4) is 0 Å². The van der Waals surface area contributed by atoms with Gasteiger partial charge in [-0.15, -0.1) is 0 Å². The Morgan fingerprint density at radius 3 is 1.74 bits per heavy atom. The molecule has 0 amide bonds. The first-order chi connectivity index (χ1) is 17.0. The molecule has 0 N–H and O–H groups in total. The predicted octanol–water partition coefficient (Wildman–Crippen LogP) is 6.29. The van der Waals surface area contributed by atoms with Crippen LogP contribution in [-0.4, -0.2) is 13.3 Å². The summed E-state index contributed by atoms with van der Waals surface area (Å²) in [4.78, 5) is 11.0. The van der Waals surface area contributed by atoms with Gasteiger partial charge in [0.25, 0.3) is 5.69 Å². The van der Waals surface area contributed by atoms with Crippen molar-refractivity contribution >= 4 is 21.3 Å². The lowest BCUT2D eigenvalue weighted by molar-refractivity contribution is -0.384. The molecular formula is C28H21NO5S. The Labute approximate surface area is 203 Å². The maximum absolute atomic E-state index is 14.1. The van der Waals surface area contributed by atoms with Gasteiger partial charge in [0.15, 0.2) is 0 Å². The molecule has 2 atom stereocenters. The second-order valence-electron chi connectivity index (χ2n) is 8.15. The van der Waals surface area contributed by atoms with E-state index in [-0.39, 0.29) is 21.2 Å². The van der Waals surface area contributed by atoms with Crippen molar-refractivity contribution in [1.29, 1.82) is 0 Å². The number of non-ortho nitro benzene ring substituents is 1. The van der Waals surface area contributed by atoms with E-state index in [4.69, 9.17) is 4.74 Å². The molecular weight excluding hydrogens is 462 g/mol. The number of nitrogens with zero attached hydrogens (tertiary/aromatic N) is 1. The number of nitro groups is 1. The summed E-state index contributed by atoms with van der Waals surface area (Å²) >= 11 is 0. The van der Waals surface area contributed by atoms with Gasteiger partial charge in [-0.25, -0.2) is 8.42 Å². The average molecular weight is 484 g/mol. The van der Waals surface area contributed by atoms with Crippen molar-refractivity contribution in [2.45, 2.75) is 16.9 Å². The molecule has 0 saturated heterocycles. The van der Waals surface area contributed by atoms with E-state index in [0.717, 1.165) is 11.1 Å². The molecule has 7 heteroatoms. The molecule has 0 bridgehead atoms. The maximum atomic E-state index is 14.1. The van der Waals surface area contributed by atoms with Gasteiger partial charge in [-0.1, -0.05) is 78.9 Å². The van der Waals surface area contributed by atoms with Gasteiger partial charge in [0.2, 0.25) is 9.84 Å². The number of hydrogen-bond donors (Lipinski definition) is 0. The molecule has 4 aromatic rings. The van der Waals surface area contributed by atoms with Crippen molar-refractivity contribution in [2.75, 3.05) is 0 Å². The fourth-order valence-electron chi connectivity index (χ4n) is 4.38. The van der Waals surface area contributed by atoms with Gasteiger partial charge in [-0.3, -0.25) is 10.1 Å². The molecule has 0 spiro atoms. The smallest absolute Gasteiger partial charge is 0.269 e. The third-order valence-corrected chi connectivity index (χ3v) is 7.94. The summed E-state index contributed by atoms with van der Waals surface area (Å²) in [6.07, 6.45) is -0.600. The predicted molar refractivity (Wildman–Crippen MR) is 133 cm³/mol. The SMILES string of the molecule is O=[N+]([O-])c1ccc(C2=C(S(=O)(=O)c3ccccc3)[C@@H](c3ccccc3)[C@H](c3ccccc3)O2)cc1. The summed E-state index contributed by atoms with van der Waals surface area (Å²) < 4.78 is 34.7. The third-order valence-electron chi connectivity index (χ3n) is 6.02. The van der Waals surface area contributed by atoms with E-state index in [1.807, 2.05) is 60.7 Å². The maximum Gasteiger partial charge on any atom is 0.269 e. The third kappa shape index (κ3) is 4.22. The highest BCUT2D eigenvalue weighted by Crippen LogP contribution is 2.53. The van der Waals surface area contributed by atoms with Crippen LogP contribution in [-0.2, 0) is 14.6 Å². The molecule has 0 aliphatic carbocycles. The quantitative estimate of drug-likeness (QED) is 0.238. The molecule has 174 valence electrons. The monoisotopic (exact) mass is 483 g/mol. The standard InChI is InChI=1S/C28H21NO5S/c30-29(31)23-18-16-22(17-19-23)27-28(35(32,33)24-14-8-3-9-15-24)25(20-10-4-1-5-11-20)26(34-27)21-12-6-2-7-13-21/h1-19,25-26H/t25-,26-/m0/s1. The first kappa shape index (κ1) is 22.6. The summed E-state index contributed by atoms with van der Waals surface area (Å²) in [6.45, 7) is 0. The van der Waals surface area contributed by atoms with Crippen LogP contribution in [0.5, 0.6) is 0 Å². The zero-order valence-corrected chi connectivity index (χ0v) is 19.3. The Kier molecular flexibility index (Phi) is 5.93. The van der Waals surface area contributed by atoms with E-state index in [2.05, 4.69) is 0 Å². The largest absolute Gasteiger partial charge is 0.483 e. The fraction of sp³-hybridized carbons (Fsp3) is 0.0714. The van der Waals surface area contributed by atoms with Crippen LogP contribution >= 0.6 is 0 Å². The number of benzene rings is 4. The van der Waals surface area contributed by atoms with E-state index in [1.165, 1.54) is 24.3 Å². The molecule has 0 unspecified atom stereocenters. The summed E-state index contributed by atoms with van der Waals surface area (Å²) in [5.74, 6) is -0.416. The number of rotatable bonds is 6. The molecule has 0 fully saturated rings.